The molecule has 3 heterocycles. The van der Waals surface area contributed by atoms with Crippen molar-refractivity contribution in [2.75, 3.05) is 7.11 Å². The molecule has 2 aromatic heterocycles. The molecule has 0 amide bonds. The van der Waals surface area contributed by atoms with Crippen LogP contribution < -0.4 is 5.32 Å². The molecule has 0 unspecified atom stereocenters. The van der Waals surface area contributed by atoms with Crippen LogP contribution in [0.3, 0.4) is 0 Å². The van der Waals surface area contributed by atoms with Crippen molar-refractivity contribution in [1.82, 2.24) is 20.3 Å². The molecule has 1 aliphatic heterocycles. The monoisotopic (exact) mass is 412 g/mol. The standard InChI is InChI=1S/C13H10Br2N4O2/c1-21-13(20)10-7-4-16-5-9(7)18-12(19-10)11-8(15)2-6(14)3-17-11/h2-3,16H,4-5H2,1H3. The Balaban J connectivity index is 2.18. The Morgan fingerprint density at radius 1 is 1.33 bits per heavy atom. The van der Waals surface area contributed by atoms with Gasteiger partial charge in [0.15, 0.2) is 11.5 Å². The number of ether oxygens (including phenoxy) is 1. The Hall–Kier alpha value is -1.38. The average molecular weight is 414 g/mol. The lowest BCUT2D eigenvalue weighted by atomic mass is 10.2. The van der Waals surface area contributed by atoms with E-state index in [1.807, 2.05) is 6.07 Å². The van der Waals surface area contributed by atoms with Crippen molar-refractivity contribution in [3.05, 3.63) is 38.2 Å². The maximum atomic E-state index is 11.9. The van der Waals surface area contributed by atoms with Gasteiger partial charge in [-0.3, -0.25) is 4.98 Å². The SMILES string of the molecule is COC(=O)c1nc(-c2ncc(Br)cc2Br)nc2c1CNC2. The van der Waals surface area contributed by atoms with Gasteiger partial charge in [0, 0.05) is 33.8 Å². The first kappa shape index (κ1) is 14.6. The average Bonchev–Trinajstić information content (AvgIpc) is 2.93. The van der Waals surface area contributed by atoms with Crippen LogP contribution in [0.4, 0.5) is 0 Å². The van der Waals surface area contributed by atoms with Crippen LogP contribution in [0.5, 0.6) is 0 Å². The summed E-state index contributed by atoms with van der Waals surface area (Å²) >= 11 is 6.79. The maximum absolute atomic E-state index is 11.9. The van der Waals surface area contributed by atoms with Crippen molar-refractivity contribution in [3.63, 3.8) is 0 Å². The van der Waals surface area contributed by atoms with Gasteiger partial charge in [0.2, 0.25) is 0 Å². The van der Waals surface area contributed by atoms with E-state index in [1.165, 1.54) is 7.11 Å². The largest absolute Gasteiger partial charge is 0.464 e. The van der Waals surface area contributed by atoms with Gasteiger partial charge in [-0.15, -0.1) is 0 Å². The van der Waals surface area contributed by atoms with Crippen molar-refractivity contribution < 1.29 is 9.53 Å². The highest BCUT2D eigenvalue weighted by Crippen LogP contribution is 2.28. The van der Waals surface area contributed by atoms with Crippen LogP contribution in [0.25, 0.3) is 11.5 Å². The van der Waals surface area contributed by atoms with Gasteiger partial charge in [-0.1, -0.05) is 0 Å². The fraction of sp³-hybridized carbons (Fsp3) is 0.231. The number of rotatable bonds is 2. The summed E-state index contributed by atoms with van der Waals surface area (Å²) in [7, 11) is 1.34. The number of nitrogens with one attached hydrogen (secondary N) is 1. The number of carbonyl (C=O) groups is 1. The van der Waals surface area contributed by atoms with Crippen LogP contribution in [0, 0.1) is 0 Å². The zero-order valence-corrected chi connectivity index (χ0v) is 14.2. The Labute approximate surface area is 137 Å². The van der Waals surface area contributed by atoms with Gasteiger partial charge in [0.05, 0.1) is 12.8 Å². The van der Waals surface area contributed by atoms with E-state index in [0.29, 0.717) is 30.3 Å². The van der Waals surface area contributed by atoms with Gasteiger partial charge in [-0.2, -0.15) is 0 Å². The molecule has 3 rings (SSSR count). The quantitative estimate of drug-likeness (QED) is 0.762. The third kappa shape index (κ3) is 2.70. The lowest BCUT2D eigenvalue weighted by Gasteiger charge is -2.08. The van der Waals surface area contributed by atoms with Crippen molar-refractivity contribution in [1.29, 1.82) is 0 Å². The van der Waals surface area contributed by atoms with Gasteiger partial charge < -0.3 is 10.1 Å². The van der Waals surface area contributed by atoms with Crippen LogP contribution in [0.1, 0.15) is 21.7 Å². The summed E-state index contributed by atoms with van der Waals surface area (Å²) < 4.78 is 6.40. The number of esters is 1. The third-order valence-electron chi connectivity index (χ3n) is 3.09. The first-order chi connectivity index (χ1) is 10.1. The van der Waals surface area contributed by atoms with Gasteiger partial charge in [-0.25, -0.2) is 14.8 Å². The molecule has 0 saturated carbocycles. The molecule has 0 radical (unpaired) electrons. The Morgan fingerprint density at radius 3 is 2.86 bits per heavy atom. The van der Waals surface area contributed by atoms with Crippen LogP contribution >= 0.6 is 31.9 Å². The molecule has 1 N–H and O–H groups in total. The van der Waals surface area contributed by atoms with Gasteiger partial charge in [0.25, 0.3) is 0 Å². The minimum absolute atomic E-state index is 0.291. The molecule has 1 aliphatic rings. The second-order valence-electron chi connectivity index (χ2n) is 4.40. The molecule has 0 saturated heterocycles. The summed E-state index contributed by atoms with van der Waals surface area (Å²) in [6, 6.07) is 1.86. The van der Waals surface area contributed by atoms with Crippen LogP contribution in [0.15, 0.2) is 21.2 Å². The normalized spacial score (nSPS) is 13.1. The number of nitrogens with zero attached hydrogens (tertiary/aromatic N) is 3. The molecule has 8 heteroatoms. The Bertz CT molecular complexity index is 736. The van der Waals surface area contributed by atoms with E-state index in [0.717, 1.165) is 20.2 Å². The number of pyridine rings is 1. The predicted octanol–water partition coefficient (Wildman–Crippen LogP) is 2.45. The first-order valence-electron chi connectivity index (χ1n) is 6.10. The highest BCUT2D eigenvalue weighted by atomic mass is 79.9. The number of carbonyl (C=O) groups excluding carboxylic acids is 1. The fourth-order valence-electron chi connectivity index (χ4n) is 2.12. The fourth-order valence-corrected chi connectivity index (χ4v) is 3.28. The minimum atomic E-state index is -0.466. The summed E-state index contributed by atoms with van der Waals surface area (Å²) in [5.41, 5.74) is 2.47. The van der Waals surface area contributed by atoms with E-state index < -0.39 is 5.97 Å². The van der Waals surface area contributed by atoms with E-state index in [4.69, 9.17) is 4.74 Å². The Kier molecular flexibility index (Phi) is 4.01. The number of halogens is 2. The van der Waals surface area contributed by atoms with Crippen molar-refractivity contribution in [2.45, 2.75) is 13.1 Å². The molecule has 0 atom stereocenters. The number of hydrogen-bond donors (Lipinski definition) is 1. The molecule has 0 aromatic carbocycles. The summed E-state index contributed by atoms with van der Waals surface area (Å²) in [6.45, 7) is 1.16. The summed E-state index contributed by atoms with van der Waals surface area (Å²) in [4.78, 5) is 25.1. The molecule has 108 valence electrons. The molecule has 6 nitrogen and oxygen atoms in total. The van der Waals surface area contributed by atoms with Crippen LogP contribution in [-0.4, -0.2) is 28.0 Å². The lowest BCUT2D eigenvalue weighted by molar-refractivity contribution is 0.0592. The molecule has 0 aliphatic carbocycles. The van der Waals surface area contributed by atoms with E-state index in [2.05, 4.69) is 52.1 Å². The molecule has 2 aromatic rings. The van der Waals surface area contributed by atoms with Crippen molar-refractivity contribution in [2.24, 2.45) is 0 Å². The summed E-state index contributed by atoms with van der Waals surface area (Å²) in [6.07, 6.45) is 1.66. The topological polar surface area (TPSA) is 77.0 Å². The van der Waals surface area contributed by atoms with E-state index in [1.54, 1.807) is 6.20 Å². The summed E-state index contributed by atoms with van der Waals surface area (Å²) in [5.74, 6) is -0.0657. The maximum Gasteiger partial charge on any atom is 0.357 e. The highest BCUT2D eigenvalue weighted by Gasteiger charge is 2.25. The van der Waals surface area contributed by atoms with E-state index in [9.17, 15) is 4.79 Å². The van der Waals surface area contributed by atoms with E-state index >= 15 is 0 Å². The lowest BCUT2D eigenvalue weighted by Crippen LogP contribution is -2.12. The number of fused-ring (bicyclic) bond motifs is 1. The molecule has 0 bridgehead atoms. The molecular weight excluding hydrogens is 404 g/mol. The van der Waals surface area contributed by atoms with Crippen LogP contribution in [0.2, 0.25) is 0 Å². The molecule has 21 heavy (non-hydrogen) atoms. The number of methoxy groups -OCH3 is 1. The van der Waals surface area contributed by atoms with E-state index in [-0.39, 0.29) is 0 Å². The third-order valence-corrected chi connectivity index (χ3v) is 4.12. The Morgan fingerprint density at radius 2 is 2.14 bits per heavy atom. The van der Waals surface area contributed by atoms with Gasteiger partial charge >= 0.3 is 5.97 Å². The smallest absolute Gasteiger partial charge is 0.357 e. The second kappa shape index (κ2) is 5.78. The van der Waals surface area contributed by atoms with Crippen molar-refractivity contribution >= 4 is 37.8 Å². The molecule has 0 spiro atoms. The second-order valence-corrected chi connectivity index (χ2v) is 6.17. The van der Waals surface area contributed by atoms with Gasteiger partial charge in [-0.05, 0) is 37.9 Å². The first-order valence-corrected chi connectivity index (χ1v) is 7.69. The number of aromatic nitrogens is 3. The summed E-state index contributed by atoms with van der Waals surface area (Å²) in [5, 5.41) is 3.16. The molecule has 0 fully saturated rings. The predicted molar refractivity (Wildman–Crippen MR) is 82.5 cm³/mol. The molecular formula is C13H10Br2N4O2. The van der Waals surface area contributed by atoms with Gasteiger partial charge in [0.1, 0.15) is 5.69 Å². The minimum Gasteiger partial charge on any atom is -0.464 e. The highest BCUT2D eigenvalue weighted by molar-refractivity contribution is 9.11. The zero-order valence-electron chi connectivity index (χ0n) is 11.0. The number of hydrogen-bond acceptors (Lipinski definition) is 6. The zero-order chi connectivity index (χ0) is 15.0. The van der Waals surface area contributed by atoms with Crippen LogP contribution in [-0.2, 0) is 17.8 Å². The van der Waals surface area contributed by atoms with Crippen molar-refractivity contribution in [3.8, 4) is 11.5 Å².